The van der Waals surface area contributed by atoms with Crippen LogP contribution in [0, 0.1) is 0 Å². The molecule has 1 amide bonds. The topological polar surface area (TPSA) is 81.4 Å². The molecule has 16 heavy (non-hydrogen) atoms. The minimum atomic E-state index is -0.455. The molecular weight excluding hydrogens is 208 g/mol. The summed E-state index contributed by atoms with van der Waals surface area (Å²) in [5, 5.41) is 2.80. The van der Waals surface area contributed by atoms with Gasteiger partial charge in [-0.15, -0.1) is 0 Å². The highest BCUT2D eigenvalue weighted by Gasteiger charge is 2.17. The van der Waals surface area contributed by atoms with Gasteiger partial charge < -0.3 is 15.8 Å². The molecule has 0 aliphatic heterocycles. The average Bonchev–Trinajstić information content (AvgIpc) is 2.08. The van der Waals surface area contributed by atoms with E-state index in [1.165, 1.54) is 0 Å². The third-order valence-corrected chi connectivity index (χ3v) is 1.99. The van der Waals surface area contributed by atoms with Gasteiger partial charge in [-0.2, -0.15) is 0 Å². The Hall–Kier alpha value is -1.10. The van der Waals surface area contributed by atoms with Gasteiger partial charge in [0.25, 0.3) is 0 Å². The van der Waals surface area contributed by atoms with E-state index in [4.69, 9.17) is 10.5 Å². The average molecular weight is 230 g/mol. The first kappa shape index (κ1) is 14.9. The minimum absolute atomic E-state index is 0.244. The molecule has 3 N–H and O–H groups in total. The van der Waals surface area contributed by atoms with E-state index in [0.717, 1.165) is 0 Å². The molecule has 0 aliphatic rings. The lowest BCUT2D eigenvalue weighted by Crippen LogP contribution is -2.39. The van der Waals surface area contributed by atoms with E-state index < -0.39 is 11.5 Å². The summed E-state index contributed by atoms with van der Waals surface area (Å²) in [6, 6.07) is -0.373. The fraction of sp³-hybridized carbons (Fsp3) is 0.818. The summed E-state index contributed by atoms with van der Waals surface area (Å²) < 4.78 is 5.14. The number of carbonyl (C=O) groups is 2. The zero-order valence-electron chi connectivity index (χ0n) is 10.5. The van der Waals surface area contributed by atoms with Crippen molar-refractivity contribution < 1.29 is 14.3 Å². The number of primary amides is 1. The van der Waals surface area contributed by atoms with E-state index in [1.54, 1.807) is 7.05 Å². The second-order valence-corrected chi connectivity index (χ2v) is 4.72. The van der Waals surface area contributed by atoms with Crippen molar-refractivity contribution >= 4 is 11.9 Å². The Bertz CT molecular complexity index is 246. The zero-order valence-corrected chi connectivity index (χ0v) is 10.5. The number of nitrogens with one attached hydrogen (secondary N) is 1. The number of ether oxygens (including phenoxy) is 1. The van der Waals surface area contributed by atoms with Crippen LogP contribution >= 0.6 is 0 Å². The quantitative estimate of drug-likeness (QED) is 0.654. The summed E-state index contributed by atoms with van der Waals surface area (Å²) in [6.07, 6.45) is 1.44. The molecule has 1 atom stereocenters. The van der Waals surface area contributed by atoms with E-state index in [1.807, 2.05) is 20.8 Å². The molecule has 5 nitrogen and oxygen atoms in total. The Kier molecular flexibility index (Phi) is 6.03. The minimum Gasteiger partial charge on any atom is -0.460 e. The van der Waals surface area contributed by atoms with Crippen molar-refractivity contribution in [1.29, 1.82) is 0 Å². The van der Waals surface area contributed by atoms with Crippen LogP contribution in [0.2, 0.25) is 0 Å². The number of hydrogen-bond acceptors (Lipinski definition) is 4. The third-order valence-electron chi connectivity index (χ3n) is 1.99. The van der Waals surface area contributed by atoms with Gasteiger partial charge >= 0.3 is 5.97 Å². The van der Waals surface area contributed by atoms with Crippen LogP contribution in [0.4, 0.5) is 0 Å². The van der Waals surface area contributed by atoms with Gasteiger partial charge in [0.05, 0.1) is 6.04 Å². The van der Waals surface area contributed by atoms with Crippen LogP contribution in [0.3, 0.4) is 0 Å². The molecule has 0 aromatic rings. The van der Waals surface area contributed by atoms with Crippen molar-refractivity contribution in [3.05, 3.63) is 0 Å². The van der Waals surface area contributed by atoms with Crippen molar-refractivity contribution in [2.75, 3.05) is 7.05 Å². The Balaban J connectivity index is 3.81. The molecule has 0 rings (SSSR count). The van der Waals surface area contributed by atoms with Crippen molar-refractivity contribution in [3.63, 3.8) is 0 Å². The second-order valence-electron chi connectivity index (χ2n) is 4.72. The number of carbonyl (C=O) groups excluding carboxylic acids is 2. The van der Waals surface area contributed by atoms with Crippen LogP contribution < -0.4 is 11.1 Å². The van der Waals surface area contributed by atoms with E-state index in [-0.39, 0.29) is 12.0 Å². The predicted octanol–water partition coefficient (Wildman–Crippen LogP) is 0.572. The summed E-state index contributed by atoms with van der Waals surface area (Å²) in [4.78, 5) is 22.2. The molecule has 0 aromatic carbocycles. The Morgan fingerprint density at radius 2 is 1.94 bits per heavy atom. The molecule has 0 aromatic heterocycles. The van der Waals surface area contributed by atoms with Crippen molar-refractivity contribution in [2.45, 2.75) is 51.7 Å². The second kappa shape index (κ2) is 6.48. The van der Waals surface area contributed by atoms with Crippen LogP contribution in [0.25, 0.3) is 0 Å². The summed E-state index contributed by atoms with van der Waals surface area (Å²) in [6.45, 7) is 5.47. The fourth-order valence-corrected chi connectivity index (χ4v) is 1.27. The fourth-order valence-electron chi connectivity index (χ4n) is 1.27. The maximum atomic E-state index is 11.3. The lowest BCUT2D eigenvalue weighted by atomic mass is 10.1. The SMILES string of the molecule is CN[C@@H](CCCC(=O)OC(C)(C)C)C(N)=O. The van der Waals surface area contributed by atoms with Gasteiger partial charge in [0.1, 0.15) is 5.60 Å². The predicted molar refractivity (Wildman–Crippen MR) is 61.7 cm³/mol. The molecule has 5 heteroatoms. The molecule has 0 spiro atoms. The molecule has 0 saturated heterocycles. The molecule has 0 saturated carbocycles. The standard InChI is InChI=1S/C11H22N2O3/c1-11(2,3)16-9(14)7-5-6-8(13-4)10(12)15/h8,13H,5-7H2,1-4H3,(H2,12,15)/t8-/m0/s1. The summed E-state index contributed by atoms with van der Waals surface area (Å²) in [5.74, 6) is -0.640. The summed E-state index contributed by atoms with van der Waals surface area (Å²) >= 11 is 0. The molecule has 0 bridgehead atoms. The first-order valence-corrected chi connectivity index (χ1v) is 5.44. The largest absolute Gasteiger partial charge is 0.460 e. The van der Waals surface area contributed by atoms with Gasteiger partial charge in [-0.25, -0.2) is 0 Å². The monoisotopic (exact) mass is 230 g/mol. The smallest absolute Gasteiger partial charge is 0.306 e. The first-order valence-electron chi connectivity index (χ1n) is 5.44. The number of likely N-dealkylation sites (N-methyl/N-ethyl adjacent to an activating group) is 1. The highest BCUT2D eigenvalue weighted by molar-refractivity contribution is 5.79. The van der Waals surface area contributed by atoms with Crippen LogP contribution in [-0.4, -0.2) is 30.6 Å². The number of hydrogen-bond donors (Lipinski definition) is 2. The van der Waals surface area contributed by atoms with E-state index in [2.05, 4.69) is 5.32 Å². The van der Waals surface area contributed by atoms with Gasteiger partial charge in [0.2, 0.25) is 5.91 Å². The molecule has 0 heterocycles. The van der Waals surface area contributed by atoms with E-state index in [0.29, 0.717) is 19.3 Å². The van der Waals surface area contributed by atoms with E-state index >= 15 is 0 Å². The summed E-state index contributed by atoms with van der Waals surface area (Å²) in [7, 11) is 1.67. The molecule has 0 aliphatic carbocycles. The molecule has 0 radical (unpaired) electrons. The zero-order chi connectivity index (χ0) is 12.8. The third kappa shape index (κ3) is 7.23. The molecule has 0 fully saturated rings. The normalized spacial score (nSPS) is 13.2. The Morgan fingerprint density at radius 1 is 1.38 bits per heavy atom. The highest BCUT2D eigenvalue weighted by atomic mass is 16.6. The van der Waals surface area contributed by atoms with Gasteiger partial charge in [0, 0.05) is 6.42 Å². The Labute approximate surface area is 96.7 Å². The lowest BCUT2D eigenvalue weighted by molar-refractivity contribution is -0.155. The van der Waals surface area contributed by atoms with E-state index in [9.17, 15) is 9.59 Å². The van der Waals surface area contributed by atoms with Crippen LogP contribution in [0.5, 0.6) is 0 Å². The van der Waals surface area contributed by atoms with Gasteiger partial charge in [0.15, 0.2) is 0 Å². The Morgan fingerprint density at radius 3 is 2.31 bits per heavy atom. The van der Waals surface area contributed by atoms with Crippen molar-refractivity contribution in [3.8, 4) is 0 Å². The maximum absolute atomic E-state index is 11.3. The number of nitrogens with two attached hydrogens (primary N) is 1. The first-order chi connectivity index (χ1) is 7.26. The molecule has 0 unspecified atom stereocenters. The number of esters is 1. The number of amides is 1. The van der Waals surface area contributed by atoms with Crippen LogP contribution in [0.1, 0.15) is 40.0 Å². The van der Waals surface area contributed by atoms with Crippen molar-refractivity contribution in [1.82, 2.24) is 5.32 Å². The van der Waals surface area contributed by atoms with Gasteiger partial charge in [-0.05, 0) is 40.7 Å². The van der Waals surface area contributed by atoms with Gasteiger partial charge in [-0.3, -0.25) is 9.59 Å². The summed E-state index contributed by atoms with van der Waals surface area (Å²) in [5.41, 5.74) is 4.69. The highest BCUT2D eigenvalue weighted by Crippen LogP contribution is 2.10. The maximum Gasteiger partial charge on any atom is 0.306 e. The number of rotatable bonds is 6. The molecular formula is C11H22N2O3. The van der Waals surface area contributed by atoms with Crippen molar-refractivity contribution in [2.24, 2.45) is 5.73 Å². The van der Waals surface area contributed by atoms with Gasteiger partial charge in [-0.1, -0.05) is 0 Å². The lowest BCUT2D eigenvalue weighted by Gasteiger charge is -2.19. The van der Waals surface area contributed by atoms with Crippen LogP contribution in [-0.2, 0) is 14.3 Å². The molecule has 94 valence electrons. The van der Waals surface area contributed by atoms with Crippen LogP contribution in [0.15, 0.2) is 0 Å².